The Hall–Kier alpha value is -0.730. The van der Waals surface area contributed by atoms with Gasteiger partial charge in [0.25, 0.3) is 0 Å². The second-order valence-electron chi connectivity index (χ2n) is 5.96. The summed E-state index contributed by atoms with van der Waals surface area (Å²) in [6, 6.07) is 4.66. The second kappa shape index (κ2) is 8.53. The number of hydrogen-bond donors (Lipinski definition) is 1. The van der Waals surface area contributed by atoms with Crippen LogP contribution in [0.3, 0.4) is 0 Å². The Labute approximate surface area is 128 Å². The van der Waals surface area contributed by atoms with Crippen LogP contribution in [0.1, 0.15) is 57.6 Å². The molecule has 0 spiro atoms. The number of nitrogens with one attached hydrogen (secondary N) is 1. The molecule has 0 heterocycles. The molecule has 114 valence electrons. The van der Waals surface area contributed by atoms with Crippen molar-refractivity contribution in [3.05, 3.63) is 28.3 Å². The molecule has 0 fully saturated rings. The van der Waals surface area contributed by atoms with Crippen molar-refractivity contribution in [1.29, 1.82) is 0 Å². The van der Waals surface area contributed by atoms with Crippen molar-refractivity contribution < 1.29 is 4.74 Å². The monoisotopic (exact) mass is 297 g/mol. The van der Waals surface area contributed by atoms with Crippen LogP contribution in [-0.4, -0.2) is 19.2 Å². The number of rotatable bonds is 8. The van der Waals surface area contributed by atoms with Crippen LogP contribution in [0.2, 0.25) is 5.02 Å². The van der Waals surface area contributed by atoms with E-state index in [1.165, 1.54) is 0 Å². The van der Waals surface area contributed by atoms with Crippen molar-refractivity contribution in [1.82, 2.24) is 5.32 Å². The Morgan fingerprint density at radius 2 is 1.85 bits per heavy atom. The maximum atomic E-state index is 6.26. The fourth-order valence-corrected chi connectivity index (χ4v) is 2.50. The highest BCUT2D eigenvalue weighted by Crippen LogP contribution is 2.31. The SMILES string of the molecule is Cc1cc(Cl)c(C(C)C)cc1OCCCCNC(C)C. The minimum Gasteiger partial charge on any atom is -0.493 e. The number of aryl methyl sites for hydroxylation is 1. The molecule has 0 radical (unpaired) electrons. The minimum absolute atomic E-state index is 0.417. The van der Waals surface area contributed by atoms with Crippen LogP contribution in [0.4, 0.5) is 0 Å². The zero-order valence-corrected chi connectivity index (χ0v) is 14.2. The molecule has 1 aromatic carbocycles. The summed E-state index contributed by atoms with van der Waals surface area (Å²) in [5.41, 5.74) is 2.27. The lowest BCUT2D eigenvalue weighted by molar-refractivity contribution is 0.302. The predicted octanol–water partition coefficient (Wildman–Crippen LogP) is 4.93. The molecule has 20 heavy (non-hydrogen) atoms. The van der Waals surface area contributed by atoms with Crippen LogP contribution in [0.25, 0.3) is 0 Å². The van der Waals surface area contributed by atoms with E-state index in [-0.39, 0.29) is 0 Å². The minimum atomic E-state index is 0.417. The second-order valence-corrected chi connectivity index (χ2v) is 6.37. The number of halogens is 1. The van der Waals surface area contributed by atoms with Gasteiger partial charge in [0.1, 0.15) is 5.75 Å². The average molecular weight is 298 g/mol. The molecule has 0 saturated carbocycles. The van der Waals surface area contributed by atoms with Crippen molar-refractivity contribution in [2.75, 3.05) is 13.2 Å². The highest BCUT2D eigenvalue weighted by molar-refractivity contribution is 6.31. The lowest BCUT2D eigenvalue weighted by Crippen LogP contribution is -2.23. The molecule has 0 aliphatic rings. The maximum Gasteiger partial charge on any atom is 0.122 e. The third-order valence-corrected chi connectivity index (χ3v) is 3.62. The van der Waals surface area contributed by atoms with Crippen molar-refractivity contribution in [3.8, 4) is 5.75 Å². The summed E-state index contributed by atoms with van der Waals surface area (Å²) in [5.74, 6) is 1.38. The van der Waals surface area contributed by atoms with Gasteiger partial charge in [-0.25, -0.2) is 0 Å². The van der Waals surface area contributed by atoms with Crippen molar-refractivity contribution in [3.63, 3.8) is 0 Å². The van der Waals surface area contributed by atoms with Gasteiger partial charge in [0.05, 0.1) is 6.61 Å². The lowest BCUT2D eigenvalue weighted by Gasteiger charge is -2.15. The smallest absolute Gasteiger partial charge is 0.122 e. The Kier molecular flexibility index (Phi) is 7.39. The van der Waals surface area contributed by atoms with Gasteiger partial charge in [0.15, 0.2) is 0 Å². The molecule has 0 unspecified atom stereocenters. The van der Waals surface area contributed by atoms with E-state index < -0.39 is 0 Å². The first kappa shape index (κ1) is 17.3. The number of hydrogen-bond acceptors (Lipinski definition) is 2. The Balaban J connectivity index is 2.45. The molecular weight excluding hydrogens is 270 g/mol. The lowest BCUT2D eigenvalue weighted by atomic mass is 10.0. The van der Waals surface area contributed by atoms with E-state index >= 15 is 0 Å². The van der Waals surface area contributed by atoms with Crippen LogP contribution < -0.4 is 10.1 Å². The molecule has 0 saturated heterocycles. The van der Waals surface area contributed by atoms with Gasteiger partial charge in [-0.15, -0.1) is 0 Å². The molecule has 1 N–H and O–H groups in total. The summed E-state index contributed by atoms with van der Waals surface area (Å²) in [6.07, 6.45) is 2.21. The average Bonchev–Trinajstić information content (AvgIpc) is 2.34. The van der Waals surface area contributed by atoms with Gasteiger partial charge in [-0.3, -0.25) is 0 Å². The van der Waals surface area contributed by atoms with E-state index in [0.29, 0.717) is 12.0 Å². The van der Waals surface area contributed by atoms with Gasteiger partial charge >= 0.3 is 0 Å². The first-order valence-electron chi connectivity index (χ1n) is 7.58. The summed E-state index contributed by atoms with van der Waals surface area (Å²) >= 11 is 6.26. The molecule has 0 aliphatic carbocycles. The molecule has 0 aliphatic heterocycles. The van der Waals surface area contributed by atoms with E-state index in [9.17, 15) is 0 Å². The van der Waals surface area contributed by atoms with Gasteiger partial charge in [0.2, 0.25) is 0 Å². The summed E-state index contributed by atoms with van der Waals surface area (Å²) < 4.78 is 5.90. The Bertz CT molecular complexity index is 416. The van der Waals surface area contributed by atoms with E-state index in [2.05, 4.69) is 39.1 Å². The first-order valence-corrected chi connectivity index (χ1v) is 7.95. The fourth-order valence-electron chi connectivity index (χ4n) is 2.07. The molecule has 1 aromatic rings. The topological polar surface area (TPSA) is 21.3 Å². The van der Waals surface area contributed by atoms with Gasteiger partial charge < -0.3 is 10.1 Å². The fraction of sp³-hybridized carbons (Fsp3) is 0.647. The largest absolute Gasteiger partial charge is 0.493 e. The molecule has 2 nitrogen and oxygen atoms in total. The summed E-state index contributed by atoms with van der Waals surface area (Å²) in [5, 5.41) is 4.25. The van der Waals surface area contributed by atoms with Crippen molar-refractivity contribution >= 4 is 11.6 Å². The number of ether oxygens (including phenoxy) is 1. The summed E-state index contributed by atoms with van der Waals surface area (Å²) in [6.45, 7) is 12.5. The van der Waals surface area contributed by atoms with Crippen LogP contribution in [0.5, 0.6) is 5.75 Å². The Morgan fingerprint density at radius 3 is 2.45 bits per heavy atom. The standard InChI is InChI=1S/C17H28ClNO/c1-12(2)15-11-17(14(5)10-16(15)18)20-9-7-6-8-19-13(3)4/h10-13,19H,6-9H2,1-5H3. The van der Waals surface area contributed by atoms with Gasteiger partial charge in [0, 0.05) is 11.1 Å². The molecule has 0 aromatic heterocycles. The number of unbranched alkanes of at least 4 members (excludes halogenated alkanes) is 1. The normalized spacial score (nSPS) is 11.4. The van der Waals surface area contributed by atoms with Gasteiger partial charge in [-0.05, 0) is 55.5 Å². The maximum absolute atomic E-state index is 6.26. The van der Waals surface area contributed by atoms with E-state index in [4.69, 9.17) is 16.3 Å². The zero-order chi connectivity index (χ0) is 15.1. The third-order valence-electron chi connectivity index (χ3n) is 3.30. The van der Waals surface area contributed by atoms with Gasteiger partial charge in [-0.1, -0.05) is 39.3 Å². The van der Waals surface area contributed by atoms with E-state index in [0.717, 1.165) is 47.9 Å². The van der Waals surface area contributed by atoms with Gasteiger partial charge in [-0.2, -0.15) is 0 Å². The first-order chi connectivity index (χ1) is 9.41. The van der Waals surface area contributed by atoms with E-state index in [1.54, 1.807) is 0 Å². The summed E-state index contributed by atoms with van der Waals surface area (Å²) in [4.78, 5) is 0. The van der Waals surface area contributed by atoms with Crippen LogP contribution >= 0.6 is 11.6 Å². The third kappa shape index (κ3) is 5.72. The number of benzene rings is 1. The van der Waals surface area contributed by atoms with Crippen LogP contribution in [0, 0.1) is 6.92 Å². The van der Waals surface area contributed by atoms with Crippen LogP contribution in [-0.2, 0) is 0 Å². The van der Waals surface area contributed by atoms with Crippen LogP contribution in [0.15, 0.2) is 12.1 Å². The molecule has 0 amide bonds. The summed E-state index contributed by atoms with van der Waals surface area (Å²) in [7, 11) is 0. The molecule has 3 heteroatoms. The van der Waals surface area contributed by atoms with E-state index in [1.807, 2.05) is 13.0 Å². The Morgan fingerprint density at radius 1 is 1.15 bits per heavy atom. The molecule has 0 bridgehead atoms. The zero-order valence-electron chi connectivity index (χ0n) is 13.4. The molecule has 1 rings (SSSR count). The molecular formula is C17H28ClNO. The van der Waals surface area contributed by atoms with Crippen molar-refractivity contribution in [2.45, 2.75) is 59.4 Å². The van der Waals surface area contributed by atoms with Crippen molar-refractivity contribution in [2.24, 2.45) is 0 Å². The highest BCUT2D eigenvalue weighted by Gasteiger charge is 2.09. The molecule has 0 atom stereocenters. The quantitative estimate of drug-likeness (QED) is 0.687. The predicted molar refractivity (Wildman–Crippen MR) is 88.1 cm³/mol. The highest BCUT2D eigenvalue weighted by atomic mass is 35.5.